The van der Waals surface area contributed by atoms with Crippen LogP contribution in [0.3, 0.4) is 0 Å². The molecule has 0 aromatic heterocycles. The SMILES string of the molecule is CSc1c(F)cc(C2(N=C=O)CC2)c(F)c1F. The van der Waals surface area contributed by atoms with Gasteiger partial charge in [-0.15, -0.1) is 11.8 Å². The number of hydrogen-bond donors (Lipinski definition) is 0. The highest BCUT2D eigenvalue weighted by molar-refractivity contribution is 7.98. The molecule has 1 aromatic carbocycles. The van der Waals surface area contributed by atoms with Gasteiger partial charge in [-0.1, -0.05) is 0 Å². The van der Waals surface area contributed by atoms with Crippen molar-refractivity contribution in [2.24, 2.45) is 4.99 Å². The zero-order chi connectivity index (χ0) is 12.6. The standard InChI is InChI=1S/C11H8F3NOS/c1-17-10-7(12)4-6(8(13)9(10)14)11(2-3-11)15-5-16/h4H,2-3H2,1H3. The first-order valence-electron chi connectivity index (χ1n) is 4.87. The van der Waals surface area contributed by atoms with Crippen LogP contribution in [0.5, 0.6) is 0 Å². The number of benzene rings is 1. The lowest BCUT2D eigenvalue weighted by Crippen LogP contribution is -2.09. The van der Waals surface area contributed by atoms with E-state index in [9.17, 15) is 18.0 Å². The smallest absolute Gasteiger partial charge is 0.211 e. The van der Waals surface area contributed by atoms with Gasteiger partial charge in [-0.3, -0.25) is 0 Å². The van der Waals surface area contributed by atoms with Crippen LogP contribution in [0.1, 0.15) is 18.4 Å². The summed E-state index contributed by atoms with van der Waals surface area (Å²) in [5.74, 6) is -3.19. The lowest BCUT2D eigenvalue weighted by molar-refractivity contribution is 0.447. The van der Waals surface area contributed by atoms with Crippen molar-refractivity contribution < 1.29 is 18.0 Å². The van der Waals surface area contributed by atoms with Crippen LogP contribution in [0.25, 0.3) is 0 Å². The first-order chi connectivity index (χ1) is 8.05. The van der Waals surface area contributed by atoms with Crippen LogP contribution >= 0.6 is 11.8 Å². The Labute approximate surface area is 99.9 Å². The lowest BCUT2D eigenvalue weighted by atomic mass is 10.0. The lowest BCUT2D eigenvalue weighted by Gasteiger charge is -2.12. The molecule has 1 aliphatic rings. The molecule has 90 valence electrons. The average Bonchev–Trinajstić information content (AvgIpc) is 3.05. The Kier molecular flexibility index (Phi) is 3.02. The van der Waals surface area contributed by atoms with E-state index >= 15 is 0 Å². The molecule has 1 fully saturated rings. The van der Waals surface area contributed by atoms with Crippen molar-refractivity contribution in [3.8, 4) is 0 Å². The second kappa shape index (κ2) is 4.20. The average molecular weight is 259 g/mol. The molecule has 1 aromatic rings. The molecule has 0 bridgehead atoms. The summed E-state index contributed by atoms with van der Waals surface area (Å²) >= 11 is 0.791. The quantitative estimate of drug-likeness (QED) is 0.361. The van der Waals surface area contributed by atoms with Gasteiger partial charge in [0.15, 0.2) is 11.6 Å². The first kappa shape index (κ1) is 12.2. The minimum absolute atomic E-state index is 0.200. The summed E-state index contributed by atoms with van der Waals surface area (Å²) in [7, 11) is 0. The fourth-order valence-electron chi connectivity index (χ4n) is 1.75. The zero-order valence-electron chi connectivity index (χ0n) is 8.89. The zero-order valence-corrected chi connectivity index (χ0v) is 9.71. The van der Waals surface area contributed by atoms with Gasteiger partial charge in [-0.2, -0.15) is 4.99 Å². The molecule has 2 rings (SSSR count). The van der Waals surface area contributed by atoms with Crippen molar-refractivity contribution in [3.05, 3.63) is 29.1 Å². The molecular weight excluding hydrogens is 251 g/mol. The number of carbonyl (C=O) groups excluding carboxylic acids is 1. The maximum Gasteiger partial charge on any atom is 0.235 e. The molecule has 0 amide bonds. The van der Waals surface area contributed by atoms with Crippen molar-refractivity contribution in [2.75, 3.05) is 6.26 Å². The van der Waals surface area contributed by atoms with Crippen LogP contribution in [-0.4, -0.2) is 12.3 Å². The van der Waals surface area contributed by atoms with E-state index < -0.39 is 23.0 Å². The fraction of sp³-hybridized carbons (Fsp3) is 0.364. The molecule has 0 spiro atoms. The molecular formula is C11H8F3NOS. The normalized spacial score (nSPS) is 16.5. The molecule has 0 N–H and O–H groups in total. The van der Waals surface area contributed by atoms with Gasteiger partial charge in [0.1, 0.15) is 11.4 Å². The molecule has 0 aliphatic heterocycles. The van der Waals surface area contributed by atoms with Gasteiger partial charge in [0.25, 0.3) is 0 Å². The van der Waals surface area contributed by atoms with Crippen molar-refractivity contribution >= 4 is 17.8 Å². The number of hydrogen-bond acceptors (Lipinski definition) is 3. The van der Waals surface area contributed by atoms with Crippen LogP contribution in [0.15, 0.2) is 16.0 Å². The van der Waals surface area contributed by atoms with E-state index in [4.69, 9.17) is 0 Å². The van der Waals surface area contributed by atoms with Gasteiger partial charge in [0.05, 0.1) is 4.90 Å². The maximum absolute atomic E-state index is 13.7. The monoisotopic (exact) mass is 259 g/mol. The molecule has 0 saturated heterocycles. The third-order valence-corrected chi connectivity index (χ3v) is 3.59. The number of halogens is 3. The van der Waals surface area contributed by atoms with Crippen LogP contribution in [0, 0.1) is 17.5 Å². The van der Waals surface area contributed by atoms with Gasteiger partial charge >= 0.3 is 0 Å². The molecule has 2 nitrogen and oxygen atoms in total. The molecule has 0 unspecified atom stereocenters. The second-order valence-electron chi connectivity index (χ2n) is 3.80. The molecule has 0 radical (unpaired) electrons. The van der Waals surface area contributed by atoms with Gasteiger partial charge in [0.2, 0.25) is 6.08 Å². The van der Waals surface area contributed by atoms with Crippen molar-refractivity contribution in [2.45, 2.75) is 23.3 Å². The van der Waals surface area contributed by atoms with Crippen molar-refractivity contribution in [1.29, 1.82) is 0 Å². The predicted octanol–water partition coefficient (Wildman–Crippen LogP) is 3.15. The topological polar surface area (TPSA) is 29.4 Å². The largest absolute Gasteiger partial charge is 0.235 e. The molecule has 0 heterocycles. The van der Waals surface area contributed by atoms with Crippen LogP contribution in [-0.2, 0) is 10.3 Å². The van der Waals surface area contributed by atoms with Crippen LogP contribution < -0.4 is 0 Å². The Bertz CT molecular complexity index is 522. The first-order valence-corrected chi connectivity index (χ1v) is 6.09. The van der Waals surface area contributed by atoms with E-state index in [0.29, 0.717) is 12.8 Å². The number of rotatable bonds is 3. The molecule has 1 saturated carbocycles. The molecule has 1 aliphatic carbocycles. The van der Waals surface area contributed by atoms with Crippen LogP contribution in [0.4, 0.5) is 13.2 Å². The van der Waals surface area contributed by atoms with Gasteiger partial charge in [-0.25, -0.2) is 18.0 Å². The highest BCUT2D eigenvalue weighted by Crippen LogP contribution is 2.51. The Hall–Kier alpha value is -1.26. The van der Waals surface area contributed by atoms with E-state index in [2.05, 4.69) is 4.99 Å². The summed E-state index contributed by atoms with van der Waals surface area (Å²) in [5.41, 5.74) is -1.31. The van der Waals surface area contributed by atoms with Gasteiger partial charge in [-0.05, 0) is 25.2 Å². The summed E-state index contributed by atoms with van der Waals surface area (Å²) in [6, 6.07) is 0.915. The summed E-state index contributed by atoms with van der Waals surface area (Å²) < 4.78 is 40.8. The highest BCUT2D eigenvalue weighted by atomic mass is 32.2. The second-order valence-corrected chi connectivity index (χ2v) is 4.62. The minimum atomic E-state index is -1.22. The summed E-state index contributed by atoms with van der Waals surface area (Å²) in [6.45, 7) is 0. The number of nitrogens with zero attached hydrogens (tertiary/aromatic N) is 1. The van der Waals surface area contributed by atoms with Gasteiger partial charge in [0, 0.05) is 5.56 Å². The summed E-state index contributed by atoms with van der Waals surface area (Å²) in [4.78, 5) is 13.3. The summed E-state index contributed by atoms with van der Waals surface area (Å²) in [5, 5.41) is 0. The Morgan fingerprint density at radius 3 is 2.47 bits per heavy atom. The minimum Gasteiger partial charge on any atom is -0.211 e. The number of thioether (sulfide) groups is 1. The third kappa shape index (κ3) is 1.87. The maximum atomic E-state index is 13.7. The van der Waals surface area contributed by atoms with Crippen molar-refractivity contribution in [3.63, 3.8) is 0 Å². The van der Waals surface area contributed by atoms with E-state index in [-0.39, 0.29) is 10.5 Å². The van der Waals surface area contributed by atoms with E-state index in [1.807, 2.05) is 0 Å². The molecule has 0 atom stereocenters. The molecule has 17 heavy (non-hydrogen) atoms. The Morgan fingerprint density at radius 2 is 2.00 bits per heavy atom. The van der Waals surface area contributed by atoms with E-state index in [0.717, 1.165) is 17.8 Å². The summed E-state index contributed by atoms with van der Waals surface area (Å²) in [6.07, 6.45) is 3.58. The third-order valence-electron chi connectivity index (χ3n) is 2.81. The predicted molar refractivity (Wildman–Crippen MR) is 57.1 cm³/mol. The van der Waals surface area contributed by atoms with E-state index in [1.165, 1.54) is 12.3 Å². The van der Waals surface area contributed by atoms with Crippen molar-refractivity contribution in [1.82, 2.24) is 0 Å². The number of isocyanates is 1. The van der Waals surface area contributed by atoms with Gasteiger partial charge < -0.3 is 0 Å². The highest BCUT2D eigenvalue weighted by Gasteiger charge is 2.48. The number of aliphatic imine (C=N–C) groups is 1. The Balaban J connectivity index is 2.61. The Morgan fingerprint density at radius 1 is 1.35 bits per heavy atom. The van der Waals surface area contributed by atoms with E-state index in [1.54, 1.807) is 0 Å². The van der Waals surface area contributed by atoms with Crippen LogP contribution in [0.2, 0.25) is 0 Å². The molecule has 6 heteroatoms. The fourth-order valence-corrected chi connectivity index (χ4v) is 2.27.